The first-order valence-electron chi connectivity index (χ1n) is 7.47. The fraction of sp³-hybridized carbons (Fsp3) is 0.500. The Morgan fingerprint density at radius 2 is 1.91 bits per heavy atom. The number of ketones is 1. The minimum atomic E-state index is -0.400. The molecule has 1 amide bonds. The summed E-state index contributed by atoms with van der Waals surface area (Å²) in [5.41, 5.74) is 6.49. The zero-order valence-electron chi connectivity index (χ0n) is 13.0. The molecule has 2 rings (SSSR count). The summed E-state index contributed by atoms with van der Waals surface area (Å²) in [5.74, 6) is -0.512. The van der Waals surface area contributed by atoms with Gasteiger partial charge in [-0.05, 0) is 32.0 Å². The second kappa shape index (κ2) is 6.87. The van der Waals surface area contributed by atoms with Crippen LogP contribution in [0.15, 0.2) is 18.2 Å². The number of rotatable bonds is 4. The average molecular weight is 307 g/mol. The SMILES string of the molecule is CC(=O)c1ccc(N2CCN(C(=O)CC(C)N)CC2)c(F)c1. The highest BCUT2D eigenvalue weighted by atomic mass is 19.1. The number of carbonyl (C=O) groups is 2. The summed E-state index contributed by atoms with van der Waals surface area (Å²) in [7, 11) is 0. The molecule has 0 radical (unpaired) electrons. The fourth-order valence-corrected chi connectivity index (χ4v) is 2.58. The normalized spacial score (nSPS) is 16.5. The molecule has 0 aromatic heterocycles. The lowest BCUT2D eigenvalue weighted by molar-refractivity contribution is -0.131. The van der Waals surface area contributed by atoms with Gasteiger partial charge in [-0.1, -0.05) is 0 Å². The number of hydrogen-bond donors (Lipinski definition) is 1. The van der Waals surface area contributed by atoms with Crippen molar-refractivity contribution in [3.8, 4) is 0 Å². The Hall–Kier alpha value is -1.95. The summed E-state index contributed by atoms with van der Waals surface area (Å²) in [4.78, 5) is 26.9. The van der Waals surface area contributed by atoms with Gasteiger partial charge in [0.15, 0.2) is 5.78 Å². The molecule has 1 aromatic rings. The van der Waals surface area contributed by atoms with E-state index in [1.165, 1.54) is 13.0 Å². The number of benzene rings is 1. The highest BCUT2D eigenvalue weighted by molar-refractivity contribution is 5.94. The maximum Gasteiger partial charge on any atom is 0.224 e. The van der Waals surface area contributed by atoms with E-state index >= 15 is 0 Å². The Labute approximate surface area is 129 Å². The topological polar surface area (TPSA) is 66.6 Å². The number of anilines is 1. The molecule has 1 aromatic carbocycles. The van der Waals surface area contributed by atoms with Crippen molar-refractivity contribution in [2.24, 2.45) is 5.73 Å². The predicted molar refractivity (Wildman–Crippen MR) is 83.5 cm³/mol. The van der Waals surface area contributed by atoms with Crippen molar-refractivity contribution in [3.63, 3.8) is 0 Å². The number of hydrogen-bond acceptors (Lipinski definition) is 4. The first kappa shape index (κ1) is 16.4. The van der Waals surface area contributed by atoms with Crippen molar-refractivity contribution < 1.29 is 14.0 Å². The lowest BCUT2D eigenvalue weighted by Gasteiger charge is -2.36. The van der Waals surface area contributed by atoms with Gasteiger partial charge in [0, 0.05) is 44.2 Å². The first-order chi connectivity index (χ1) is 10.4. The third-order valence-corrected chi connectivity index (χ3v) is 3.82. The number of piperazine rings is 1. The van der Waals surface area contributed by atoms with Crippen molar-refractivity contribution in [2.75, 3.05) is 31.1 Å². The summed E-state index contributed by atoms with van der Waals surface area (Å²) >= 11 is 0. The Bertz CT molecular complexity index is 567. The summed E-state index contributed by atoms with van der Waals surface area (Å²) in [6, 6.07) is 4.38. The second-order valence-electron chi connectivity index (χ2n) is 5.77. The summed E-state index contributed by atoms with van der Waals surface area (Å²) in [6.07, 6.45) is 0.335. The van der Waals surface area contributed by atoms with Crippen LogP contribution in [0, 0.1) is 5.82 Å². The van der Waals surface area contributed by atoms with E-state index in [-0.39, 0.29) is 17.7 Å². The maximum atomic E-state index is 14.1. The van der Waals surface area contributed by atoms with Crippen molar-refractivity contribution in [1.29, 1.82) is 0 Å². The molecule has 5 nitrogen and oxygen atoms in total. The molecular weight excluding hydrogens is 285 g/mol. The highest BCUT2D eigenvalue weighted by Crippen LogP contribution is 2.22. The van der Waals surface area contributed by atoms with Crippen LogP contribution in [0.25, 0.3) is 0 Å². The largest absolute Gasteiger partial charge is 0.366 e. The summed E-state index contributed by atoms with van der Waals surface area (Å²) in [5, 5.41) is 0. The van der Waals surface area contributed by atoms with Crippen LogP contribution in [-0.2, 0) is 4.79 Å². The molecule has 0 aliphatic carbocycles. The van der Waals surface area contributed by atoms with Gasteiger partial charge in [-0.3, -0.25) is 9.59 Å². The molecule has 2 N–H and O–H groups in total. The minimum Gasteiger partial charge on any atom is -0.366 e. The van der Waals surface area contributed by atoms with E-state index in [2.05, 4.69) is 0 Å². The van der Waals surface area contributed by atoms with Gasteiger partial charge in [0.2, 0.25) is 5.91 Å². The molecule has 22 heavy (non-hydrogen) atoms. The number of Topliss-reactive ketones (excluding diaryl/α,β-unsaturated/α-hetero) is 1. The van der Waals surface area contributed by atoms with Crippen LogP contribution in [0.4, 0.5) is 10.1 Å². The number of nitrogens with zero attached hydrogens (tertiary/aromatic N) is 2. The van der Waals surface area contributed by atoms with Crippen LogP contribution in [0.5, 0.6) is 0 Å². The van der Waals surface area contributed by atoms with Crippen LogP contribution in [0.1, 0.15) is 30.6 Å². The molecule has 0 bridgehead atoms. The first-order valence-corrected chi connectivity index (χ1v) is 7.47. The number of amides is 1. The van der Waals surface area contributed by atoms with Crippen LogP contribution >= 0.6 is 0 Å². The van der Waals surface area contributed by atoms with Gasteiger partial charge < -0.3 is 15.5 Å². The number of carbonyl (C=O) groups excluding carboxylic acids is 2. The van der Waals surface area contributed by atoms with E-state index in [1.54, 1.807) is 24.0 Å². The Morgan fingerprint density at radius 3 is 2.41 bits per heavy atom. The molecule has 120 valence electrons. The molecule has 1 atom stereocenters. The molecular formula is C16H22FN3O2. The Morgan fingerprint density at radius 1 is 1.27 bits per heavy atom. The monoisotopic (exact) mass is 307 g/mol. The van der Waals surface area contributed by atoms with Gasteiger partial charge in [-0.15, -0.1) is 0 Å². The zero-order valence-corrected chi connectivity index (χ0v) is 13.0. The van der Waals surface area contributed by atoms with E-state index in [0.717, 1.165) is 0 Å². The van der Waals surface area contributed by atoms with E-state index in [0.29, 0.717) is 43.9 Å². The molecule has 1 saturated heterocycles. The van der Waals surface area contributed by atoms with E-state index in [9.17, 15) is 14.0 Å². The van der Waals surface area contributed by atoms with E-state index < -0.39 is 5.82 Å². The summed E-state index contributed by atoms with van der Waals surface area (Å²) in [6.45, 7) is 5.47. The van der Waals surface area contributed by atoms with Crippen molar-refractivity contribution >= 4 is 17.4 Å². The van der Waals surface area contributed by atoms with Crippen molar-refractivity contribution in [1.82, 2.24) is 4.90 Å². The molecule has 0 saturated carbocycles. The van der Waals surface area contributed by atoms with Gasteiger partial charge in [-0.25, -0.2) is 4.39 Å². The smallest absolute Gasteiger partial charge is 0.224 e. The fourth-order valence-electron chi connectivity index (χ4n) is 2.58. The van der Waals surface area contributed by atoms with Gasteiger partial charge in [0.25, 0.3) is 0 Å². The molecule has 1 fully saturated rings. The number of nitrogens with two attached hydrogens (primary N) is 1. The van der Waals surface area contributed by atoms with Gasteiger partial charge in [0.1, 0.15) is 5.82 Å². The molecule has 1 heterocycles. The molecule has 1 aliphatic heterocycles. The quantitative estimate of drug-likeness (QED) is 0.854. The molecule has 1 aliphatic rings. The highest BCUT2D eigenvalue weighted by Gasteiger charge is 2.23. The lowest BCUT2D eigenvalue weighted by atomic mass is 10.1. The van der Waals surface area contributed by atoms with Crippen molar-refractivity contribution in [3.05, 3.63) is 29.6 Å². The molecule has 6 heteroatoms. The van der Waals surface area contributed by atoms with Crippen molar-refractivity contribution in [2.45, 2.75) is 26.3 Å². The van der Waals surface area contributed by atoms with Crippen LogP contribution < -0.4 is 10.6 Å². The average Bonchev–Trinajstić information content (AvgIpc) is 2.46. The Balaban J connectivity index is 2.00. The Kier molecular flexibility index (Phi) is 5.13. The van der Waals surface area contributed by atoms with Crippen LogP contribution in [-0.4, -0.2) is 48.8 Å². The zero-order chi connectivity index (χ0) is 16.3. The third kappa shape index (κ3) is 3.82. The van der Waals surface area contributed by atoms with Gasteiger partial charge >= 0.3 is 0 Å². The number of halogens is 1. The molecule has 1 unspecified atom stereocenters. The predicted octanol–water partition coefficient (Wildman–Crippen LogP) is 1.41. The van der Waals surface area contributed by atoms with E-state index in [1.807, 2.05) is 4.90 Å². The van der Waals surface area contributed by atoms with Gasteiger partial charge in [-0.2, -0.15) is 0 Å². The molecule has 0 spiro atoms. The van der Waals surface area contributed by atoms with Gasteiger partial charge in [0.05, 0.1) is 5.69 Å². The minimum absolute atomic E-state index is 0.0436. The standard InChI is InChI=1S/C16H22FN3O2/c1-11(18)9-16(22)20-7-5-19(6-8-20)15-4-3-13(12(2)21)10-14(15)17/h3-4,10-11H,5-9,18H2,1-2H3. The van der Waals surface area contributed by atoms with E-state index in [4.69, 9.17) is 5.73 Å². The summed E-state index contributed by atoms with van der Waals surface area (Å²) < 4.78 is 14.1. The maximum absolute atomic E-state index is 14.1. The lowest BCUT2D eigenvalue weighted by Crippen LogP contribution is -2.49. The van der Waals surface area contributed by atoms with Crippen LogP contribution in [0.2, 0.25) is 0 Å². The second-order valence-corrected chi connectivity index (χ2v) is 5.77. The third-order valence-electron chi connectivity index (χ3n) is 3.82. The van der Waals surface area contributed by atoms with Crippen LogP contribution in [0.3, 0.4) is 0 Å².